The van der Waals surface area contributed by atoms with E-state index in [0.29, 0.717) is 12.4 Å². The lowest BCUT2D eigenvalue weighted by molar-refractivity contribution is 0.0952. The first-order valence-corrected chi connectivity index (χ1v) is 8.59. The Labute approximate surface area is 148 Å². The van der Waals surface area contributed by atoms with Gasteiger partial charge in [0.25, 0.3) is 5.91 Å². The van der Waals surface area contributed by atoms with Gasteiger partial charge in [0.15, 0.2) is 0 Å². The number of nitrogens with zero attached hydrogens (tertiary/aromatic N) is 3. The molecule has 0 unspecified atom stereocenters. The van der Waals surface area contributed by atoms with Crippen molar-refractivity contribution in [2.24, 2.45) is 0 Å². The SMILES string of the molecule is C=CCNC(=O)c1cnc(Nc2ccc(N3CCCCC3)cc2)cn1. The Morgan fingerprint density at radius 1 is 1.12 bits per heavy atom. The zero-order valence-corrected chi connectivity index (χ0v) is 14.2. The van der Waals surface area contributed by atoms with Crippen molar-refractivity contribution in [1.82, 2.24) is 15.3 Å². The van der Waals surface area contributed by atoms with Crippen LogP contribution in [0, 0.1) is 0 Å². The average Bonchev–Trinajstić information content (AvgIpc) is 2.68. The van der Waals surface area contributed by atoms with Crippen LogP contribution in [0.15, 0.2) is 49.3 Å². The molecule has 0 spiro atoms. The molecule has 0 aliphatic carbocycles. The molecule has 1 aromatic heterocycles. The van der Waals surface area contributed by atoms with Crippen molar-refractivity contribution in [2.45, 2.75) is 19.3 Å². The number of hydrogen-bond donors (Lipinski definition) is 2. The van der Waals surface area contributed by atoms with Crippen molar-refractivity contribution >= 4 is 23.1 Å². The maximum absolute atomic E-state index is 11.8. The second kappa shape index (κ2) is 8.28. The fraction of sp³-hybridized carbons (Fsp3) is 0.316. The smallest absolute Gasteiger partial charge is 0.271 e. The second-order valence-electron chi connectivity index (χ2n) is 6.01. The van der Waals surface area contributed by atoms with Gasteiger partial charge in [-0.1, -0.05) is 6.08 Å². The third-order valence-corrected chi connectivity index (χ3v) is 4.15. The van der Waals surface area contributed by atoms with Crippen molar-refractivity contribution in [1.29, 1.82) is 0 Å². The molecule has 1 amide bonds. The minimum Gasteiger partial charge on any atom is -0.372 e. The van der Waals surface area contributed by atoms with Gasteiger partial charge in [-0.15, -0.1) is 6.58 Å². The van der Waals surface area contributed by atoms with Crippen molar-refractivity contribution < 1.29 is 4.79 Å². The van der Waals surface area contributed by atoms with Crippen LogP contribution in [0.2, 0.25) is 0 Å². The maximum Gasteiger partial charge on any atom is 0.271 e. The first-order valence-electron chi connectivity index (χ1n) is 8.59. The molecule has 6 heteroatoms. The minimum absolute atomic E-state index is 0.259. The van der Waals surface area contributed by atoms with Crippen molar-refractivity contribution in [3.05, 3.63) is 55.0 Å². The lowest BCUT2D eigenvalue weighted by Gasteiger charge is -2.28. The first-order chi connectivity index (χ1) is 12.3. The van der Waals surface area contributed by atoms with Crippen LogP contribution in [0.4, 0.5) is 17.2 Å². The van der Waals surface area contributed by atoms with Crippen molar-refractivity contribution in [3.63, 3.8) is 0 Å². The van der Waals surface area contributed by atoms with Crippen LogP contribution in [0.3, 0.4) is 0 Å². The molecule has 2 N–H and O–H groups in total. The summed E-state index contributed by atoms with van der Waals surface area (Å²) in [6, 6.07) is 8.32. The van der Waals surface area contributed by atoms with Crippen molar-refractivity contribution in [3.8, 4) is 0 Å². The van der Waals surface area contributed by atoms with E-state index in [0.717, 1.165) is 18.8 Å². The average molecular weight is 337 g/mol. The molecule has 1 aliphatic rings. The molecule has 0 atom stereocenters. The zero-order valence-electron chi connectivity index (χ0n) is 14.2. The summed E-state index contributed by atoms with van der Waals surface area (Å²) in [6.45, 7) is 6.23. The van der Waals surface area contributed by atoms with Crippen molar-refractivity contribution in [2.75, 3.05) is 29.9 Å². The van der Waals surface area contributed by atoms with Gasteiger partial charge < -0.3 is 15.5 Å². The Morgan fingerprint density at radius 2 is 1.88 bits per heavy atom. The molecule has 3 rings (SSSR count). The topological polar surface area (TPSA) is 70.2 Å². The van der Waals surface area contributed by atoms with Crippen LogP contribution in [-0.4, -0.2) is 35.5 Å². The van der Waals surface area contributed by atoms with Crippen LogP contribution in [-0.2, 0) is 0 Å². The number of nitrogens with one attached hydrogen (secondary N) is 2. The number of rotatable bonds is 6. The lowest BCUT2D eigenvalue weighted by Crippen LogP contribution is -2.29. The van der Waals surface area contributed by atoms with Gasteiger partial charge in [-0.05, 0) is 43.5 Å². The molecule has 1 aromatic carbocycles. The number of anilines is 3. The number of piperidine rings is 1. The molecule has 0 bridgehead atoms. The van der Waals surface area contributed by atoms with E-state index in [1.54, 1.807) is 12.3 Å². The largest absolute Gasteiger partial charge is 0.372 e. The molecular formula is C19H23N5O. The molecule has 0 saturated carbocycles. The standard InChI is InChI=1S/C19H23N5O/c1-2-10-20-19(25)17-13-22-18(14-21-17)23-15-6-8-16(9-7-15)24-11-4-3-5-12-24/h2,6-9,13-14H,1,3-5,10-12H2,(H,20,25)(H,22,23). The quantitative estimate of drug-likeness (QED) is 0.793. The van der Waals surface area contributed by atoms with E-state index < -0.39 is 0 Å². The van der Waals surface area contributed by atoms with Gasteiger partial charge >= 0.3 is 0 Å². The Bertz CT molecular complexity index is 706. The molecule has 2 heterocycles. The predicted octanol–water partition coefficient (Wildman–Crippen LogP) is 3.13. The number of carbonyl (C=O) groups excluding carboxylic acids is 1. The number of hydrogen-bond acceptors (Lipinski definition) is 5. The lowest BCUT2D eigenvalue weighted by atomic mass is 10.1. The molecule has 0 radical (unpaired) electrons. The summed E-state index contributed by atoms with van der Waals surface area (Å²) < 4.78 is 0. The number of carbonyl (C=O) groups is 1. The fourth-order valence-electron chi connectivity index (χ4n) is 2.82. The summed E-state index contributed by atoms with van der Waals surface area (Å²) in [4.78, 5) is 22.6. The predicted molar refractivity (Wildman–Crippen MR) is 100 cm³/mol. The van der Waals surface area contributed by atoms with Gasteiger partial charge in [0.2, 0.25) is 0 Å². The molecule has 130 valence electrons. The number of aromatic nitrogens is 2. The summed E-state index contributed by atoms with van der Waals surface area (Å²) in [5.41, 5.74) is 2.48. The summed E-state index contributed by atoms with van der Waals surface area (Å²) in [5, 5.41) is 5.87. The fourth-order valence-corrected chi connectivity index (χ4v) is 2.82. The normalized spacial score (nSPS) is 14.0. The minimum atomic E-state index is -0.259. The van der Waals surface area contributed by atoms with Gasteiger partial charge in [0, 0.05) is 31.0 Å². The van der Waals surface area contributed by atoms with Gasteiger partial charge in [0.1, 0.15) is 11.5 Å². The highest BCUT2D eigenvalue weighted by Crippen LogP contribution is 2.23. The Morgan fingerprint density at radius 3 is 2.52 bits per heavy atom. The molecule has 1 aliphatic heterocycles. The monoisotopic (exact) mass is 337 g/mol. The van der Waals surface area contributed by atoms with E-state index in [1.165, 1.54) is 31.1 Å². The Balaban J connectivity index is 1.60. The van der Waals surface area contributed by atoms with Crippen LogP contribution in [0.1, 0.15) is 29.8 Å². The van der Waals surface area contributed by atoms with E-state index in [9.17, 15) is 4.79 Å². The van der Waals surface area contributed by atoms with Gasteiger partial charge in [-0.3, -0.25) is 4.79 Å². The maximum atomic E-state index is 11.8. The van der Waals surface area contributed by atoms with Crippen LogP contribution < -0.4 is 15.5 Å². The summed E-state index contributed by atoms with van der Waals surface area (Å²) >= 11 is 0. The summed E-state index contributed by atoms with van der Waals surface area (Å²) in [7, 11) is 0. The summed E-state index contributed by atoms with van der Waals surface area (Å²) in [5.74, 6) is 0.343. The highest BCUT2D eigenvalue weighted by atomic mass is 16.1. The van der Waals surface area contributed by atoms with Gasteiger partial charge in [0.05, 0.1) is 12.4 Å². The summed E-state index contributed by atoms with van der Waals surface area (Å²) in [6.07, 6.45) is 8.50. The molecule has 2 aromatic rings. The Hall–Kier alpha value is -2.89. The van der Waals surface area contributed by atoms with E-state index in [4.69, 9.17) is 0 Å². The van der Waals surface area contributed by atoms with E-state index in [2.05, 4.69) is 44.2 Å². The van der Waals surface area contributed by atoms with E-state index in [1.807, 2.05) is 12.1 Å². The second-order valence-corrected chi connectivity index (χ2v) is 6.01. The first kappa shape index (κ1) is 17.0. The number of amides is 1. The van der Waals surface area contributed by atoms with Gasteiger partial charge in [-0.2, -0.15) is 0 Å². The van der Waals surface area contributed by atoms with Gasteiger partial charge in [-0.25, -0.2) is 9.97 Å². The Kier molecular flexibility index (Phi) is 5.61. The highest BCUT2D eigenvalue weighted by molar-refractivity contribution is 5.92. The molecule has 25 heavy (non-hydrogen) atoms. The van der Waals surface area contributed by atoms with E-state index in [-0.39, 0.29) is 11.6 Å². The van der Waals surface area contributed by atoms with Crippen LogP contribution in [0.25, 0.3) is 0 Å². The third-order valence-electron chi connectivity index (χ3n) is 4.15. The molecule has 6 nitrogen and oxygen atoms in total. The van der Waals surface area contributed by atoms with Crippen LogP contribution in [0.5, 0.6) is 0 Å². The highest BCUT2D eigenvalue weighted by Gasteiger charge is 2.11. The zero-order chi connectivity index (χ0) is 17.5. The third kappa shape index (κ3) is 4.56. The number of benzene rings is 1. The molecular weight excluding hydrogens is 314 g/mol. The molecule has 1 fully saturated rings. The van der Waals surface area contributed by atoms with E-state index >= 15 is 0 Å². The van der Waals surface area contributed by atoms with Crippen LogP contribution >= 0.6 is 0 Å². The molecule has 1 saturated heterocycles.